The van der Waals surface area contributed by atoms with Crippen LogP contribution >= 0.6 is 0 Å². The molecule has 0 saturated carbocycles. The van der Waals surface area contributed by atoms with Gasteiger partial charge in [0.15, 0.2) is 0 Å². The van der Waals surface area contributed by atoms with Crippen molar-refractivity contribution in [3.8, 4) is 16.9 Å². The van der Waals surface area contributed by atoms with E-state index in [9.17, 15) is 9.90 Å². The second-order valence-electron chi connectivity index (χ2n) is 4.08. The maximum Gasteiger partial charge on any atom is 0.277 e. The number of phenols is 1. The molecule has 0 atom stereocenters. The molecule has 0 aliphatic heterocycles. The molecule has 0 aliphatic rings. The van der Waals surface area contributed by atoms with Gasteiger partial charge in [0.05, 0.1) is 7.11 Å². The van der Waals surface area contributed by atoms with Crippen LogP contribution in [0.25, 0.3) is 11.1 Å². The number of nitrogens with zero attached hydrogens (tertiary/aromatic N) is 1. The average Bonchev–Trinajstić information content (AvgIpc) is 2.46. The van der Waals surface area contributed by atoms with Crippen molar-refractivity contribution < 1.29 is 14.7 Å². The van der Waals surface area contributed by atoms with E-state index in [1.165, 1.54) is 7.11 Å². The van der Waals surface area contributed by atoms with Crippen LogP contribution in [0.2, 0.25) is 0 Å². The van der Waals surface area contributed by atoms with Gasteiger partial charge in [-0.15, -0.1) is 0 Å². The molecule has 0 spiro atoms. The Balaban J connectivity index is 2.29. The molecular formula is C15H15NO3. The summed E-state index contributed by atoms with van der Waals surface area (Å²) in [5.74, 6) is 0.00178. The van der Waals surface area contributed by atoms with Crippen molar-refractivity contribution in [3.05, 3.63) is 54.1 Å². The number of carbonyl (C=O) groups excluding carboxylic acids is 1. The fourth-order valence-corrected chi connectivity index (χ4v) is 1.77. The lowest BCUT2D eigenvalue weighted by atomic mass is 10.0. The van der Waals surface area contributed by atoms with E-state index in [2.05, 4.69) is 0 Å². The molecule has 1 amide bonds. The molecule has 1 N–H and O–H groups in total. The summed E-state index contributed by atoms with van der Waals surface area (Å²) in [4.78, 5) is 16.7. The second-order valence-corrected chi connectivity index (χ2v) is 4.08. The van der Waals surface area contributed by atoms with E-state index in [4.69, 9.17) is 4.84 Å². The van der Waals surface area contributed by atoms with Crippen molar-refractivity contribution in [1.29, 1.82) is 0 Å². The van der Waals surface area contributed by atoms with Crippen LogP contribution in [-0.2, 0) is 4.84 Å². The quantitative estimate of drug-likeness (QED) is 0.860. The third-order valence-corrected chi connectivity index (χ3v) is 2.91. The van der Waals surface area contributed by atoms with E-state index < -0.39 is 0 Å². The van der Waals surface area contributed by atoms with Crippen molar-refractivity contribution in [2.24, 2.45) is 0 Å². The van der Waals surface area contributed by atoms with Crippen molar-refractivity contribution in [2.45, 2.75) is 0 Å². The number of para-hydroxylation sites is 1. The van der Waals surface area contributed by atoms with Gasteiger partial charge in [0, 0.05) is 18.2 Å². The Morgan fingerprint density at radius 1 is 1.11 bits per heavy atom. The fraction of sp³-hybridized carbons (Fsp3) is 0.133. The molecule has 19 heavy (non-hydrogen) atoms. The van der Waals surface area contributed by atoms with E-state index in [1.54, 1.807) is 43.4 Å². The van der Waals surface area contributed by atoms with Crippen molar-refractivity contribution in [2.75, 3.05) is 14.2 Å². The molecule has 0 bridgehead atoms. The minimum Gasteiger partial charge on any atom is -0.507 e. The summed E-state index contributed by atoms with van der Waals surface area (Å²) in [7, 11) is 2.99. The highest BCUT2D eigenvalue weighted by Crippen LogP contribution is 2.28. The Morgan fingerprint density at radius 2 is 1.74 bits per heavy atom. The topological polar surface area (TPSA) is 49.8 Å². The fourth-order valence-electron chi connectivity index (χ4n) is 1.77. The van der Waals surface area contributed by atoms with E-state index >= 15 is 0 Å². The van der Waals surface area contributed by atoms with Gasteiger partial charge in [-0.25, -0.2) is 5.06 Å². The first-order valence-electron chi connectivity index (χ1n) is 5.84. The first-order valence-corrected chi connectivity index (χ1v) is 5.84. The predicted molar refractivity (Wildman–Crippen MR) is 72.6 cm³/mol. The first-order chi connectivity index (χ1) is 9.13. The van der Waals surface area contributed by atoms with Gasteiger partial charge in [-0.3, -0.25) is 9.63 Å². The molecule has 0 aromatic heterocycles. The van der Waals surface area contributed by atoms with E-state index in [1.807, 2.05) is 12.1 Å². The highest BCUT2D eigenvalue weighted by molar-refractivity contribution is 5.94. The monoisotopic (exact) mass is 257 g/mol. The van der Waals surface area contributed by atoms with Crippen LogP contribution in [0.4, 0.5) is 0 Å². The van der Waals surface area contributed by atoms with Gasteiger partial charge in [-0.2, -0.15) is 0 Å². The Labute approximate surface area is 111 Å². The third-order valence-electron chi connectivity index (χ3n) is 2.91. The summed E-state index contributed by atoms with van der Waals surface area (Å²) >= 11 is 0. The van der Waals surface area contributed by atoms with Gasteiger partial charge in [-0.05, 0) is 23.8 Å². The summed E-state index contributed by atoms with van der Waals surface area (Å²) in [6.07, 6.45) is 0. The Bertz CT molecular complexity index is 578. The molecule has 2 rings (SSSR count). The van der Waals surface area contributed by atoms with E-state index in [0.717, 1.165) is 16.2 Å². The van der Waals surface area contributed by atoms with Crippen molar-refractivity contribution in [3.63, 3.8) is 0 Å². The lowest BCUT2D eigenvalue weighted by Crippen LogP contribution is -2.25. The smallest absolute Gasteiger partial charge is 0.277 e. The molecule has 98 valence electrons. The normalized spacial score (nSPS) is 10.2. The minimum absolute atomic E-state index is 0.216. The average molecular weight is 257 g/mol. The molecule has 4 nitrogen and oxygen atoms in total. The second kappa shape index (κ2) is 5.54. The van der Waals surface area contributed by atoms with Crippen LogP contribution in [0.1, 0.15) is 10.4 Å². The number of phenolic OH excluding ortho intramolecular Hbond substituents is 1. The van der Waals surface area contributed by atoms with Crippen molar-refractivity contribution >= 4 is 5.91 Å². The molecule has 2 aromatic carbocycles. The van der Waals surface area contributed by atoms with Gasteiger partial charge in [0.1, 0.15) is 5.75 Å². The van der Waals surface area contributed by atoms with Gasteiger partial charge >= 0.3 is 0 Å². The zero-order valence-corrected chi connectivity index (χ0v) is 10.8. The number of benzene rings is 2. The summed E-state index contributed by atoms with van der Waals surface area (Å²) in [6.45, 7) is 0. The zero-order valence-electron chi connectivity index (χ0n) is 10.8. The highest BCUT2D eigenvalue weighted by Gasteiger charge is 2.11. The first kappa shape index (κ1) is 13.1. The Morgan fingerprint density at radius 3 is 2.32 bits per heavy atom. The summed E-state index contributed by atoms with van der Waals surface area (Å²) in [6, 6.07) is 14.1. The molecule has 0 aliphatic carbocycles. The van der Waals surface area contributed by atoms with Gasteiger partial charge in [0.2, 0.25) is 0 Å². The number of amides is 1. The van der Waals surface area contributed by atoms with Crippen LogP contribution in [0.15, 0.2) is 48.5 Å². The number of hydrogen-bond donors (Lipinski definition) is 1. The standard InChI is InChI=1S/C15H15NO3/c1-16(19-2)15(18)12-9-7-11(8-10-12)13-5-3-4-6-14(13)17/h3-10,17H,1-2H3. The number of aromatic hydroxyl groups is 1. The van der Waals surface area contributed by atoms with E-state index in [-0.39, 0.29) is 11.7 Å². The SMILES string of the molecule is CON(C)C(=O)c1ccc(-c2ccccc2O)cc1. The number of hydroxylamine groups is 2. The molecular weight excluding hydrogens is 242 g/mol. The Hall–Kier alpha value is -2.33. The third kappa shape index (κ3) is 2.74. The molecule has 2 aromatic rings. The molecule has 0 fully saturated rings. The van der Waals surface area contributed by atoms with Gasteiger partial charge < -0.3 is 5.11 Å². The minimum atomic E-state index is -0.216. The molecule has 0 heterocycles. The van der Waals surface area contributed by atoms with Crippen LogP contribution in [-0.4, -0.2) is 30.2 Å². The number of carbonyl (C=O) groups is 1. The Kier molecular flexibility index (Phi) is 3.82. The van der Waals surface area contributed by atoms with Crippen LogP contribution in [0, 0.1) is 0 Å². The lowest BCUT2D eigenvalue weighted by molar-refractivity contribution is -0.0756. The zero-order chi connectivity index (χ0) is 13.8. The van der Waals surface area contributed by atoms with Gasteiger partial charge in [-0.1, -0.05) is 30.3 Å². The van der Waals surface area contributed by atoms with Crippen LogP contribution in [0.5, 0.6) is 5.75 Å². The summed E-state index contributed by atoms with van der Waals surface area (Å²) in [5, 5.41) is 10.9. The molecule has 0 unspecified atom stereocenters. The summed E-state index contributed by atoms with van der Waals surface area (Å²) < 4.78 is 0. The largest absolute Gasteiger partial charge is 0.507 e. The predicted octanol–water partition coefficient (Wildman–Crippen LogP) is 2.69. The maximum atomic E-state index is 11.8. The number of rotatable bonds is 3. The van der Waals surface area contributed by atoms with E-state index in [0.29, 0.717) is 5.56 Å². The maximum absolute atomic E-state index is 11.8. The lowest BCUT2D eigenvalue weighted by Gasteiger charge is -2.13. The van der Waals surface area contributed by atoms with Crippen LogP contribution in [0.3, 0.4) is 0 Å². The van der Waals surface area contributed by atoms with Crippen molar-refractivity contribution in [1.82, 2.24) is 5.06 Å². The summed E-state index contributed by atoms with van der Waals surface area (Å²) in [5.41, 5.74) is 2.12. The molecule has 4 heteroatoms. The highest BCUT2D eigenvalue weighted by atomic mass is 16.7. The molecule has 0 radical (unpaired) electrons. The van der Waals surface area contributed by atoms with Gasteiger partial charge in [0.25, 0.3) is 5.91 Å². The van der Waals surface area contributed by atoms with Crippen LogP contribution < -0.4 is 0 Å². The number of hydrogen-bond acceptors (Lipinski definition) is 3. The molecule has 0 saturated heterocycles.